The first kappa shape index (κ1) is 16.6. The molecule has 0 bridgehead atoms. The summed E-state index contributed by atoms with van der Waals surface area (Å²) in [6, 6.07) is 11.8. The molecular formula is C17H14Cl2N2O3. The average molecular weight is 365 g/mol. The molecule has 1 aliphatic heterocycles. The average Bonchev–Trinajstić information content (AvgIpc) is 2.58. The standard InChI is InChI=1S/C17H14Cl2N2O3/c18-10-5-6-12(19)14(9-10)21-17(23)16(22)20-13-7-8-24-15-4-2-1-3-11(13)15/h1-6,9,13H,7-8H2,(H,20,22)(H,21,23). The number of carbonyl (C=O) groups excluding carboxylic acids is 2. The van der Waals surface area contributed by atoms with Crippen molar-refractivity contribution < 1.29 is 14.3 Å². The molecule has 0 saturated carbocycles. The molecule has 2 N–H and O–H groups in total. The summed E-state index contributed by atoms with van der Waals surface area (Å²) in [7, 11) is 0. The number of benzene rings is 2. The third-order valence-electron chi connectivity index (χ3n) is 3.65. The Labute approximate surface area is 148 Å². The van der Waals surface area contributed by atoms with E-state index in [1.807, 2.05) is 24.3 Å². The highest BCUT2D eigenvalue weighted by Crippen LogP contribution is 2.31. The third-order valence-corrected chi connectivity index (χ3v) is 4.21. The molecule has 3 rings (SSSR count). The zero-order valence-electron chi connectivity index (χ0n) is 12.5. The summed E-state index contributed by atoms with van der Waals surface area (Å²) in [5, 5.41) is 5.90. The lowest BCUT2D eigenvalue weighted by Crippen LogP contribution is -2.39. The highest BCUT2D eigenvalue weighted by atomic mass is 35.5. The van der Waals surface area contributed by atoms with Crippen LogP contribution in [0, 0.1) is 0 Å². The molecule has 0 saturated heterocycles. The van der Waals surface area contributed by atoms with E-state index in [4.69, 9.17) is 27.9 Å². The van der Waals surface area contributed by atoms with E-state index in [2.05, 4.69) is 10.6 Å². The number of ether oxygens (including phenoxy) is 1. The minimum Gasteiger partial charge on any atom is -0.493 e. The second kappa shape index (κ2) is 7.11. The van der Waals surface area contributed by atoms with Crippen LogP contribution in [0.25, 0.3) is 0 Å². The van der Waals surface area contributed by atoms with Crippen LogP contribution in [-0.4, -0.2) is 18.4 Å². The van der Waals surface area contributed by atoms with Crippen LogP contribution >= 0.6 is 23.2 Å². The normalized spacial score (nSPS) is 15.8. The number of carbonyl (C=O) groups is 2. The number of halogens is 2. The first-order valence-corrected chi connectivity index (χ1v) is 8.09. The van der Waals surface area contributed by atoms with E-state index in [1.54, 1.807) is 12.1 Å². The van der Waals surface area contributed by atoms with Crippen molar-refractivity contribution >= 4 is 40.7 Å². The zero-order chi connectivity index (χ0) is 17.1. The van der Waals surface area contributed by atoms with Crippen LogP contribution in [0.3, 0.4) is 0 Å². The Kier molecular flexibility index (Phi) is 4.92. The number of anilines is 1. The molecule has 2 amide bonds. The maximum atomic E-state index is 12.2. The predicted molar refractivity (Wildman–Crippen MR) is 92.5 cm³/mol. The van der Waals surface area contributed by atoms with Gasteiger partial charge in [-0.25, -0.2) is 0 Å². The van der Waals surface area contributed by atoms with Crippen molar-refractivity contribution in [1.29, 1.82) is 0 Å². The van der Waals surface area contributed by atoms with E-state index >= 15 is 0 Å². The van der Waals surface area contributed by atoms with Gasteiger partial charge in [0.25, 0.3) is 0 Å². The first-order chi connectivity index (χ1) is 11.5. The lowest BCUT2D eigenvalue weighted by molar-refractivity contribution is -0.136. The summed E-state index contributed by atoms with van der Waals surface area (Å²) >= 11 is 11.8. The molecule has 0 radical (unpaired) electrons. The fourth-order valence-electron chi connectivity index (χ4n) is 2.49. The van der Waals surface area contributed by atoms with Crippen molar-refractivity contribution in [1.82, 2.24) is 5.32 Å². The fraction of sp³-hybridized carbons (Fsp3) is 0.176. The second-order valence-electron chi connectivity index (χ2n) is 5.28. The number of fused-ring (bicyclic) bond motifs is 1. The van der Waals surface area contributed by atoms with Crippen molar-refractivity contribution in [2.45, 2.75) is 12.5 Å². The van der Waals surface area contributed by atoms with Gasteiger partial charge >= 0.3 is 11.8 Å². The van der Waals surface area contributed by atoms with Gasteiger partial charge in [-0.05, 0) is 24.3 Å². The molecule has 124 valence electrons. The SMILES string of the molecule is O=C(Nc1cc(Cl)ccc1Cl)C(=O)NC1CCOc2ccccc21. The Balaban J connectivity index is 1.69. The summed E-state index contributed by atoms with van der Waals surface area (Å²) in [5.41, 5.74) is 1.14. The number of rotatable bonds is 2. The predicted octanol–water partition coefficient (Wildman–Crippen LogP) is 3.57. The molecular weight excluding hydrogens is 351 g/mol. The van der Waals surface area contributed by atoms with Crippen molar-refractivity contribution in [2.24, 2.45) is 0 Å². The Morgan fingerprint density at radius 3 is 2.71 bits per heavy atom. The molecule has 1 atom stereocenters. The molecule has 5 nitrogen and oxygen atoms in total. The van der Waals surface area contributed by atoms with Crippen LogP contribution in [-0.2, 0) is 9.59 Å². The molecule has 1 unspecified atom stereocenters. The molecule has 0 spiro atoms. The number of nitrogens with one attached hydrogen (secondary N) is 2. The number of para-hydroxylation sites is 1. The molecule has 0 fully saturated rings. The van der Waals surface area contributed by atoms with Crippen molar-refractivity contribution in [3.63, 3.8) is 0 Å². The second-order valence-corrected chi connectivity index (χ2v) is 6.12. The van der Waals surface area contributed by atoms with Crippen LogP contribution in [0.15, 0.2) is 42.5 Å². The quantitative estimate of drug-likeness (QED) is 0.800. The molecule has 1 aliphatic rings. The van der Waals surface area contributed by atoms with Crippen LogP contribution < -0.4 is 15.4 Å². The van der Waals surface area contributed by atoms with E-state index < -0.39 is 11.8 Å². The van der Waals surface area contributed by atoms with Gasteiger partial charge in [-0.3, -0.25) is 9.59 Å². The topological polar surface area (TPSA) is 67.4 Å². The summed E-state index contributed by atoms with van der Waals surface area (Å²) < 4.78 is 5.54. The van der Waals surface area contributed by atoms with E-state index in [-0.39, 0.29) is 11.7 Å². The Hall–Kier alpha value is -2.24. The maximum absolute atomic E-state index is 12.2. The maximum Gasteiger partial charge on any atom is 0.313 e. The van der Waals surface area contributed by atoms with Gasteiger partial charge < -0.3 is 15.4 Å². The summed E-state index contributed by atoms with van der Waals surface area (Å²) in [6.45, 7) is 0.476. The van der Waals surface area contributed by atoms with Gasteiger partial charge in [-0.2, -0.15) is 0 Å². The summed E-state index contributed by atoms with van der Waals surface area (Å²) in [5.74, 6) is -0.830. The molecule has 0 aromatic heterocycles. The van der Waals surface area contributed by atoms with Crippen molar-refractivity contribution in [2.75, 3.05) is 11.9 Å². The number of amides is 2. The molecule has 7 heteroatoms. The molecule has 2 aromatic carbocycles. The Morgan fingerprint density at radius 2 is 1.88 bits per heavy atom. The minimum absolute atomic E-state index is 0.275. The third kappa shape index (κ3) is 3.63. The lowest BCUT2D eigenvalue weighted by atomic mass is 10.0. The smallest absolute Gasteiger partial charge is 0.313 e. The molecule has 2 aromatic rings. The fourth-order valence-corrected chi connectivity index (χ4v) is 2.83. The summed E-state index contributed by atoms with van der Waals surface area (Å²) in [4.78, 5) is 24.3. The van der Waals surface area contributed by atoms with Gasteiger partial charge in [0.1, 0.15) is 5.75 Å². The van der Waals surface area contributed by atoms with Crippen LogP contribution in [0.2, 0.25) is 10.0 Å². The zero-order valence-corrected chi connectivity index (χ0v) is 14.0. The van der Waals surface area contributed by atoms with Gasteiger partial charge in [0, 0.05) is 17.0 Å². The van der Waals surface area contributed by atoms with Crippen LogP contribution in [0.4, 0.5) is 5.69 Å². The van der Waals surface area contributed by atoms with Crippen LogP contribution in [0.1, 0.15) is 18.0 Å². The Morgan fingerprint density at radius 1 is 1.08 bits per heavy atom. The highest BCUT2D eigenvalue weighted by Gasteiger charge is 2.25. The monoisotopic (exact) mass is 364 g/mol. The van der Waals surface area contributed by atoms with Gasteiger partial charge in [-0.1, -0.05) is 41.4 Å². The van der Waals surface area contributed by atoms with E-state index in [0.29, 0.717) is 28.8 Å². The van der Waals surface area contributed by atoms with Gasteiger partial charge in [0.15, 0.2) is 0 Å². The van der Waals surface area contributed by atoms with Crippen molar-refractivity contribution in [3.05, 3.63) is 58.1 Å². The highest BCUT2D eigenvalue weighted by molar-refractivity contribution is 6.42. The van der Waals surface area contributed by atoms with E-state index in [1.165, 1.54) is 6.07 Å². The molecule has 24 heavy (non-hydrogen) atoms. The van der Waals surface area contributed by atoms with Crippen LogP contribution in [0.5, 0.6) is 5.75 Å². The Bertz CT molecular complexity index is 795. The lowest BCUT2D eigenvalue weighted by Gasteiger charge is -2.26. The van der Waals surface area contributed by atoms with Crippen molar-refractivity contribution in [3.8, 4) is 5.75 Å². The van der Waals surface area contributed by atoms with E-state index in [0.717, 1.165) is 5.56 Å². The van der Waals surface area contributed by atoms with Gasteiger partial charge in [0.2, 0.25) is 0 Å². The number of hydrogen-bond donors (Lipinski definition) is 2. The molecule has 0 aliphatic carbocycles. The number of hydrogen-bond acceptors (Lipinski definition) is 3. The van der Waals surface area contributed by atoms with E-state index in [9.17, 15) is 9.59 Å². The minimum atomic E-state index is -0.803. The first-order valence-electron chi connectivity index (χ1n) is 7.33. The van der Waals surface area contributed by atoms with Gasteiger partial charge in [-0.15, -0.1) is 0 Å². The largest absolute Gasteiger partial charge is 0.493 e. The van der Waals surface area contributed by atoms with Gasteiger partial charge in [0.05, 0.1) is 23.4 Å². The molecule has 1 heterocycles. The summed E-state index contributed by atoms with van der Waals surface area (Å²) in [6.07, 6.45) is 0.591.